The van der Waals surface area contributed by atoms with Gasteiger partial charge < -0.3 is 14.2 Å². The molecule has 0 aromatic heterocycles. The highest BCUT2D eigenvalue weighted by Crippen LogP contribution is 2.15. The quantitative estimate of drug-likeness (QED) is 0.564. The van der Waals surface area contributed by atoms with Crippen LogP contribution in [0.2, 0.25) is 0 Å². The number of hydrogen-bond acceptors (Lipinski definition) is 6. The van der Waals surface area contributed by atoms with Crippen molar-refractivity contribution in [1.82, 2.24) is 0 Å². The van der Waals surface area contributed by atoms with Gasteiger partial charge in [-0.3, -0.25) is 4.99 Å². The number of rotatable bonds is 7. The van der Waals surface area contributed by atoms with Crippen molar-refractivity contribution in [1.29, 1.82) is 0 Å². The van der Waals surface area contributed by atoms with Gasteiger partial charge in [-0.15, -0.1) is 0 Å². The zero-order chi connectivity index (χ0) is 18.9. The molecule has 2 rings (SSSR count). The zero-order valence-corrected chi connectivity index (χ0v) is 15.0. The van der Waals surface area contributed by atoms with E-state index in [2.05, 4.69) is 9.73 Å². The summed E-state index contributed by atoms with van der Waals surface area (Å²) in [6.45, 7) is 0. The monoisotopic (exact) mass is 355 g/mol. The first kappa shape index (κ1) is 19.2. The van der Waals surface area contributed by atoms with Gasteiger partial charge in [-0.2, -0.15) is 0 Å². The molecule has 6 heteroatoms. The van der Waals surface area contributed by atoms with Crippen LogP contribution in [0, 0.1) is 0 Å². The van der Waals surface area contributed by atoms with Gasteiger partial charge in [0.25, 0.3) is 0 Å². The van der Waals surface area contributed by atoms with E-state index < -0.39 is 18.0 Å². The van der Waals surface area contributed by atoms with E-state index in [0.29, 0.717) is 17.7 Å². The molecule has 1 atom stereocenters. The number of nitrogens with zero attached hydrogens (tertiary/aromatic N) is 1. The fraction of sp³-hybridized carbons (Fsp3) is 0.250. The van der Waals surface area contributed by atoms with Crippen molar-refractivity contribution < 1.29 is 23.8 Å². The van der Waals surface area contributed by atoms with Crippen LogP contribution in [0.25, 0.3) is 0 Å². The third-order valence-corrected chi connectivity index (χ3v) is 3.77. The van der Waals surface area contributed by atoms with Gasteiger partial charge in [0.15, 0.2) is 6.04 Å². The highest BCUT2D eigenvalue weighted by molar-refractivity contribution is 5.91. The summed E-state index contributed by atoms with van der Waals surface area (Å²) in [6, 6.07) is 13.5. The van der Waals surface area contributed by atoms with E-state index in [-0.39, 0.29) is 0 Å². The van der Waals surface area contributed by atoms with Crippen LogP contribution in [0.15, 0.2) is 53.5 Å². The van der Waals surface area contributed by atoms with Crippen molar-refractivity contribution in [2.45, 2.75) is 12.5 Å². The SMILES string of the molecule is COC(=O)c1ccc(/C=N/[C@H](Cc2cccc(OC)c2)C(=O)OC)cc1. The third-order valence-electron chi connectivity index (χ3n) is 3.77. The van der Waals surface area contributed by atoms with Crippen molar-refractivity contribution in [2.75, 3.05) is 21.3 Å². The van der Waals surface area contributed by atoms with Crippen LogP contribution in [0.1, 0.15) is 21.5 Å². The molecule has 0 radical (unpaired) electrons. The Bertz CT molecular complexity index is 783. The summed E-state index contributed by atoms with van der Waals surface area (Å²) in [5.74, 6) is -0.109. The van der Waals surface area contributed by atoms with Crippen molar-refractivity contribution in [3.63, 3.8) is 0 Å². The van der Waals surface area contributed by atoms with Gasteiger partial charge in [0.2, 0.25) is 0 Å². The van der Waals surface area contributed by atoms with Crippen LogP contribution in [0.4, 0.5) is 0 Å². The first-order valence-electron chi connectivity index (χ1n) is 7.99. The molecule has 0 spiro atoms. The Hall–Kier alpha value is -3.15. The van der Waals surface area contributed by atoms with Gasteiger partial charge in [-0.1, -0.05) is 24.3 Å². The Balaban J connectivity index is 2.15. The first-order valence-corrected chi connectivity index (χ1v) is 7.99. The molecule has 2 aromatic carbocycles. The first-order chi connectivity index (χ1) is 12.6. The van der Waals surface area contributed by atoms with Crippen molar-refractivity contribution >= 4 is 18.2 Å². The minimum absolute atomic E-state index is 0.390. The smallest absolute Gasteiger partial charge is 0.337 e. The van der Waals surface area contributed by atoms with E-state index in [4.69, 9.17) is 9.47 Å². The number of methoxy groups -OCH3 is 3. The van der Waals surface area contributed by atoms with Gasteiger partial charge in [-0.25, -0.2) is 9.59 Å². The minimum atomic E-state index is -0.674. The molecule has 136 valence electrons. The lowest BCUT2D eigenvalue weighted by atomic mass is 10.1. The van der Waals surface area contributed by atoms with Crippen LogP contribution in [-0.4, -0.2) is 45.5 Å². The summed E-state index contributed by atoms with van der Waals surface area (Å²) in [7, 11) is 4.26. The minimum Gasteiger partial charge on any atom is -0.497 e. The van der Waals surface area contributed by atoms with Crippen molar-refractivity contribution in [2.24, 2.45) is 4.99 Å². The number of esters is 2. The van der Waals surface area contributed by atoms with Crippen molar-refractivity contribution in [3.05, 3.63) is 65.2 Å². The molecule has 0 fully saturated rings. The second kappa shape index (κ2) is 9.36. The molecule has 0 N–H and O–H groups in total. The molecule has 0 unspecified atom stereocenters. The maximum atomic E-state index is 12.0. The van der Waals surface area contributed by atoms with Crippen LogP contribution in [-0.2, 0) is 20.7 Å². The second-order valence-electron chi connectivity index (χ2n) is 5.49. The van der Waals surface area contributed by atoms with E-state index >= 15 is 0 Å². The molecule has 0 aliphatic carbocycles. The molecule has 0 aliphatic rings. The molecular weight excluding hydrogens is 334 g/mol. The highest BCUT2D eigenvalue weighted by Gasteiger charge is 2.18. The van der Waals surface area contributed by atoms with Gasteiger partial charge in [0.05, 0.1) is 26.9 Å². The van der Waals surface area contributed by atoms with E-state index in [1.54, 1.807) is 37.6 Å². The van der Waals surface area contributed by atoms with Gasteiger partial charge in [0.1, 0.15) is 5.75 Å². The number of aliphatic imine (C=N–C) groups is 1. The second-order valence-corrected chi connectivity index (χ2v) is 5.49. The molecule has 6 nitrogen and oxygen atoms in total. The largest absolute Gasteiger partial charge is 0.497 e. The Morgan fingerprint density at radius 3 is 2.38 bits per heavy atom. The fourth-order valence-electron chi connectivity index (χ4n) is 2.35. The lowest BCUT2D eigenvalue weighted by Crippen LogP contribution is -2.23. The molecule has 0 bridgehead atoms. The van der Waals surface area contributed by atoms with Crippen LogP contribution in [0.5, 0.6) is 5.75 Å². The summed E-state index contributed by atoms with van der Waals surface area (Å²) in [6.07, 6.45) is 1.98. The summed E-state index contributed by atoms with van der Waals surface area (Å²) in [5, 5.41) is 0. The van der Waals surface area contributed by atoms with Crippen molar-refractivity contribution in [3.8, 4) is 5.75 Å². The van der Waals surface area contributed by atoms with Crippen LogP contribution >= 0.6 is 0 Å². The summed E-state index contributed by atoms with van der Waals surface area (Å²) in [5.41, 5.74) is 2.13. The molecule has 2 aromatic rings. The van der Waals surface area contributed by atoms with E-state index in [0.717, 1.165) is 11.1 Å². The maximum Gasteiger partial charge on any atom is 0.337 e. The van der Waals surface area contributed by atoms with Crippen LogP contribution < -0.4 is 4.74 Å². The fourth-order valence-corrected chi connectivity index (χ4v) is 2.35. The third kappa shape index (κ3) is 5.17. The summed E-state index contributed by atoms with van der Waals surface area (Å²) >= 11 is 0. The van der Waals surface area contributed by atoms with Gasteiger partial charge in [0, 0.05) is 12.6 Å². The number of benzene rings is 2. The van der Waals surface area contributed by atoms with E-state index in [1.165, 1.54) is 14.2 Å². The predicted molar refractivity (Wildman–Crippen MR) is 97.9 cm³/mol. The molecule has 0 aliphatic heterocycles. The molecule has 0 heterocycles. The van der Waals surface area contributed by atoms with E-state index in [1.807, 2.05) is 24.3 Å². The standard InChI is InChI=1S/C20H21NO5/c1-24-17-6-4-5-15(11-17)12-18(20(23)26-3)21-13-14-7-9-16(10-8-14)19(22)25-2/h4-11,13,18H,12H2,1-3H3/b21-13+/t18-/m1/s1. The zero-order valence-electron chi connectivity index (χ0n) is 15.0. The molecular formula is C20H21NO5. The van der Waals surface area contributed by atoms with Crippen LogP contribution in [0.3, 0.4) is 0 Å². The Labute approximate surface area is 152 Å². The summed E-state index contributed by atoms with van der Waals surface area (Å²) in [4.78, 5) is 27.8. The lowest BCUT2D eigenvalue weighted by Gasteiger charge is -2.11. The lowest BCUT2D eigenvalue weighted by molar-refractivity contribution is -0.142. The molecule has 0 saturated heterocycles. The number of hydrogen-bond donors (Lipinski definition) is 0. The Kier molecular flexibility index (Phi) is 6.91. The molecule has 0 saturated carbocycles. The average molecular weight is 355 g/mol. The Morgan fingerprint density at radius 2 is 1.77 bits per heavy atom. The van der Waals surface area contributed by atoms with E-state index in [9.17, 15) is 9.59 Å². The molecule has 0 amide bonds. The topological polar surface area (TPSA) is 74.2 Å². The maximum absolute atomic E-state index is 12.0. The number of carbonyl (C=O) groups excluding carboxylic acids is 2. The highest BCUT2D eigenvalue weighted by atomic mass is 16.5. The molecule has 26 heavy (non-hydrogen) atoms. The average Bonchev–Trinajstić information content (AvgIpc) is 2.70. The Morgan fingerprint density at radius 1 is 1.04 bits per heavy atom. The number of carbonyl (C=O) groups is 2. The normalized spacial score (nSPS) is 11.8. The summed E-state index contributed by atoms with van der Waals surface area (Å²) < 4.78 is 14.7. The number of ether oxygens (including phenoxy) is 3. The van der Waals surface area contributed by atoms with Gasteiger partial charge >= 0.3 is 11.9 Å². The predicted octanol–water partition coefficient (Wildman–Crippen LogP) is 2.69. The van der Waals surface area contributed by atoms with Gasteiger partial charge in [-0.05, 0) is 35.4 Å².